The van der Waals surface area contributed by atoms with Gasteiger partial charge in [-0.1, -0.05) is 6.92 Å². The maximum Gasteiger partial charge on any atom is 0.0593 e. The third-order valence-corrected chi connectivity index (χ3v) is 2.58. The first-order valence-electron chi connectivity index (χ1n) is 5.78. The summed E-state index contributed by atoms with van der Waals surface area (Å²) in [5.41, 5.74) is 5.50. The van der Waals surface area contributed by atoms with E-state index in [1.54, 1.807) is 0 Å². The lowest BCUT2D eigenvalue weighted by molar-refractivity contribution is 0.0979. The molecule has 14 heavy (non-hydrogen) atoms. The molecule has 0 rings (SSSR count). The van der Waals surface area contributed by atoms with E-state index in [9.17, 15) is 0 Å². The van der Waals surface area contributed by atoms with Crippen LogP contribution in [0.15, 0.2) is 0 Å². The lowest BCUT2D eigenvalue weighted by atomic mass is 10.1. The first-order chi connectivity index (χ1) is 6.76. The van der Waals surface area contributed by atoms with Crippen LogP contribution in [0.3, 0.4) is 0 Å². The van der Waals surface area contributed by atoms with Gasteiger partial charge in [-0.2, -0.15) is 0 Å². The van der Waals surface area contributed by atoms with Gasteiger partial charge < -0.3 is 10.5 Å². The maximum absolute atomic E-state index is 5.50. The molecular formula is C11H26N2O. The summed E-state index contributed by atoms with van der Waals surface area (Å²) in [6.45, 7) is 11.1. The first-order valence-corrected chi connectivity index (χ1v) is 5.78. The van der Waals surface area contributed by atoms with Crippen molar-refractivity contribution in [2.45, 2.75) is 39.7 Å². The van der Waals surface area contributed by atoms with Gasteiger partial charge in [0.15, 0.2) is 0 Å². The van der Waals surface area contributed by atoms with Crippen molar-refractivity contribution in [1.29, 1.82) is 0 Å². The molecule has 0 heterocycles. The fraction of sp³-hybridized carbons (Fsp3) is 1.00. The van der Waals surface area contributed by atoms with Crippen molar-refractivity contribution in [2.24, 2.45) is 5.73 Å². The zero-order chi connectivity index (χ0) is 10.8. The zero-order valence-corrected chi connectivity index (χ0v) is 9.96. The third-order valence-electron chi connectivity index (χ3n) is 2.58. The Labute approximate surface area is 88.6 Å². The molecule has 86 valence electrons. The summed E-state index contributed by atoms with van der Waals surface area (Å²) in [6.07, 6.45) is 2.31. The molecule has 0 aliphatic heterocycles. The Balaban J connectivity index is 3.62. The molecule has 3 heteroatoms. The molecule has 0 spiro atoms. The predicted octanol–water partition coefficient (Wildman–Crippen LogP) is 1.47. The van der Waals surface area contributed by atoms with Crippen molar-refractivity contribution in [2.75, 3.05) is 32.8 Å². The van der Waals surface area contributed by atoms with Crippen molar-refractivity contribution >= 4 is 0 Å². The number of hydrogen-bond donors (Lipinski definition) is 1. The normalized spacial score (nSPS) is 13.5. The highest BCUT2D eigenvalue weighted by Crippen LogP contribution is 2.05. The predicted molar refractivity (Wildman–Crippen MR) is 61.5 cm³/mol. The number of nitrogens with two attached hydrogens (primary N) is 1. The van der Waals surface area contributed by atoms with Gasteiger partial charge in [0.05, 0.1) is 6.61 Å². The smallest absolute Gasteiger partial charge is 0.0593 e. The molecule has 0 aromatic rings. The number of ether oxygens (including phenoxy) is 1. The Bertz CT molecular complexity index is 120. The van der Waals surface area contributed by atoms with Gasteiger partial charge in [-0.15, -0.1) is 0 Å². The van der Waals surface area contributed by atoms with Crippen molar-refractivity contribution < 1.29 is 4.74 Å². The Morgan fingerprint density at radius 2 is 2.07 bits per heavy atom. The first kappa shape index (κ1) is 13.9. The van der Waals surface area contributed by atoms with Crippen LogP contribution in [0.25, 0.3) is 0 Å². The van der Waals surface area contributed by atoms with E-state index in [1.165, 1.54) is 6.42 Å². The van der Waals surface area contributed by atoms with Crippen LogP contribution in [0.4, 0.5) is 0 Å². The van der Waals surface area contributed by atoms with E-state index in [0.29, 0.717) is 6.04 Å². The maximum atomic E-state index is 5.50. The van der Waals surface area contributed by atoms with Crippen LogP contribution in [0.5, 0.6) is 0 Å². The standard InChI is InChI=1S/C11H26N2O/c1-4-13(9-10-14-5-2)11(3)7-6-8-12/h11H,4-10,12H2,1-3H3. The summed E-state index contributed by atoms with van der Waals surface area (Å²) in [7, 11) is 0. The average molecular weight is 202 g/mol. The van der Waals surface area contributed by atoms with Gasteiger partial charge in [0, 0.05) is 19.2 Å². The fourth-order valence-corrected chi connectivity index (χ4v) is 1.61. The summed E-state index contributed by atoms with van der Waals surface area (Å²) < 4.78 is 5.35. The molecule has 0 bridgehead atoms. The Morgan fingerprint density at radius 3 is 2.57 bits per heavy atom. The third kappa shape index (κ3) is 6.35. The molecule has 2 N–H and O–H groups in total. The molecule has 1 atom stereocenters. The van der Waals surface area contributed by atoms with Crippen LogP contribution in [-0.4, -0.2) is 43.8 Å². The minimum atomic E-state index is 0.629. The average Bonchev–Trinajstić information content (AvgIpc) is 2.21. The van der Waals surface area contributed by atoms with Crippen molar-refractivity contribution in [1.82, 2.24) is 4.90 Å². The van der Waals surface area contributed by atoms with E-state index in [4.69, 9.17) is 10.5 Å². The lowest BCUT2D eigenvalue weighted by Crippen LogP contribution is -2.36. The molecule has 0 amide bonds. The zero-order valence-electron chi connectivity index (χ0n) is 9.96. The van der Waals surface area contributed by atoms with Crippen LogP contribution in [0, 0.1) is 0 Å². The number of rotatable bonds is 9. The monoisotopic (exact) mass is 202 g/mol. The number of hydrogen-bond acceptors (Lipinski definition) is 3. The van der Waals surface area contributed by atoms with E-state index in [1.807, 2.05) is 6.92 Å². The highest BCUT2D eigenvalue weighted by atomic mass is 16.5. The summed E-state index contributed by atoms with van der Waals surface area (Å²) in [6, 6.07) is 0.629. The molecule has 0 saturated heterocycles. The van der Waals surface area contributed by atoms with Crippen molar-refractivity contribution in [3.63, 3.8) is 0 Å². The molecule has 0 fully saturated rings. The van der Waals surface area contributed by atoms with E-state index >= 15 is 0 Å². The second kappa shape index (κ2) is 9.44. The quantitative estimate of drug-likeness (QED) is 0.575. The Kier molecular flexibility index (Phi) is 9.35. The Morgan fingerprint density at radius 1 is 1.36 bits per heavy atom. The highest BCUT2D eigenvalue weighted by Gasteiger charge is 2.10. The summed E-state index contributed by atoms with van der Waals surface area (Å²) in [5, 5.41) is 0. The highest BCUT2D eigenvalue weighted by molar-refractivity contribution is 4.65. The summed E-state index contributed by atoms with van der Waals surface area (Å²) in [5.74, 6) is 0. The number of likely N-dealkylation sites (N-methyl/N-ethyl adjacent to an activating group) is 1. The SMILES string of the molecule is CCOCCN(CC)C(C)CCCN. The van der Waals surface area contributed by atoms with Gasteiger partial charge in [-0.05, 0) is 39.8 Å². The molecule has 0 radical (unpaired) electrons. The summed E-state index contributed by atoms with van der Waals surface area (Å²) >= 11 is 0. The van der Waals surface area contributed by atoms with Crippen LogP contribution in [0.1, 0.15) is 33.6 Å². The molecule has 0 aromatic heterocycles. The van der Waals surface area contributed by atoms with Gasteiger partial charge in [0.2, 0.25) is 0 Å². The second-order valence-corrected chi connectivity index (χ2v) is 3.61. The Hall–Kier alpha value is -0.120. The van der Waals surface area contributed by atoms with Gasteiger partial charge >= 0.3 is 0 Å². The fourth-order valence-electron chi connectivity index (χ4n) is 1.61. The molecule has 0 aromatic carbocycles. The van der Waals surface area contributed by atoms with Gasteiger partial charge in [-0.3, -0.25) is 4.90 Å². The largest absolute Gasteiger partial charge is 0.380 e. The minimum Gasteiger partial charge on any atom is -0.380 e. The molecular weight excluding hydrogens is 176 g/mol. The second-order valence-electron chi connectivity index (χ2n) is 3.61. The van der Waals surface area contributed by atoms with Crippen molar-refractivity contribution in [3.8, 4) is 0 Å². The van der Waals surface area contributed by atoms with Gasteiger partial charge in [-0.25, -0.2) is 0 Å². The van der Waals surface area contributed by atoms with Crippen LogP contribution in [0.2, 0.25) is 0 Å². The van der Waals surface area contributed by atoms with Crippen LogP contribution < -0.4 is 5.73 Å². The molecule has 0 aliphatic rings. The van der Waals surface area contributed by atoms with E-state index < -0.39 is 0 Å². The van der Waals surface area contributed by atoms with Crippen LogP contribution in [-0.2, 0) is 4.74 Å². The topological polar surface area (TPSA) is 38.5 Å². The molecule has 3 nitrogen and oxygen atoms in total. The lowest BCUT2D eigenvalue weighted by Gasteiger charge is -2.27. The van der Waals surface area contributed by atoms with Crippen molar-refractivity contribution in [3.05, 3.63) is 0 Å². The van der Waals surface area contributed by atoms with Gasteiger partial charge in [0.1, 0.15) is 0 Å². The van der Waals surface area contributed by atoms with Gasteiger partial charge in [0.25, 0.3) is 0 Å². The number of nitrogens with zero attached hydrogens (tertiary/aromatic N) is 1. The minimum absolute atomic E-state index is 0.629. The van der Waals surface area contributed by atoms with E-state index in [-0.39, 0.29) is 0 Å². The molecule has 0 saturated carbocycles. The van der Waals surface area contributed by atoms with E-state index in [2.05, 4.69) is 18.7 Å². The van der Waals surface area contributed by atoms with Crippen LogP contribution >= 0.6 is 0 Å². The van der Waals surface area contributed by atoms with E-state index in [0.717, 1.165) is 39.3 Å². The summed E-state index contributed by atoms with van der Waals surface area (Å²) in [4.78, 5) is 2.45. The molecule has 1 unspecified atom stereocenters. The molecule has 0 aliphatic carbocycles.